The van der Waals surface area contributed by atoms with E-state index in [0.29, 0.717) is 6.61 Å². The Labute approximate surface area is 66.7 Å². The van der Waals surface area contributed by atoms with E-state index in [4.69, 9.17) is 5.11 Å². The van der Waals surface area contributed by atoms with Gasteiger partial charge in [-0.2, -0.15) is 0 Å². The molecule has 0 heterocycles. The van der Waals surface area contributed by atoms with E-state index in [1.165, 1.54) is 0 Å². The van der Waals surface area contributed by atoms with Crippen molar-refractivity contribution in [1.82, 2.24) is 0 Å². The minimum Gasteiger partial charge on any atom is -0.394 e. The van der Waals surface area contributed by atoms with Crippen LogP contribution in [0.5, 0.6) is 0 Å². The smallest absolute Gasteiger partial charge is 0.0693 e. The fourth-order valence-electron chi connectivity index (χ4n) is 0.0913. The van der Waals surface area contributed by atoms with Crippen molar-refractivity contribution in [3.05, 3.63) is 0 Å². The quantitative estimate of drug-likeness (QED) is 0.725. The summed E-state index contributed by atoms with van der Waals surface area (Å²) in [6, 6.07) is 0. The van der Waals surface area contributed by atoms with Gasteiger partial charge in [-0.1, -0.05) is 0 Å². The summed E-state index contributed by atoms with van der Waals surface area (Å²) in [5.41, 5.74) is 0. The molecule has 0 bridgehead atoms. The molecule has 2 nitrogen and oxygen atoms in total. The molecule has 0 aromatic rings. The summed E-state index contributed by atoms with van der Waals surface area (Å²) < 4.78 is 4.44. The van der Waals surface area contributed by atoms with Crippen LogP contribution in [0.15, 0.2) is 0 Å². The number of hydrogen-bond donors (Lipinski definition) is 1. The van der Waals surface area contributed by atoms with Crippen LogP contribution in [-0.4, -0.2) is 25.4 Å². The van der Waals surface area contributed by atoms with Crippen molar-refractivity contribution >= 4 is 0 Å². The van der Waals surface area contributed by atoms with Gasteiger partial charge in [-0.15, -0.1) is 0 Å². The van der Waals surface area contributed by atoms with Crippen LogP contribution in [0, 0.1) is 36.9 Å². The number of rotatable bonds is 2. The van der Waals surface area contributed by atoms with Crippen LogP contribution in [-0.2, 0) is 4.74 Å². The Hall–Kier alpha value is 1.15. The number of aliphatic hydroxyl groups excluding tert-OH is 1. The third kappa shape index (κ3) is 8.94. The van der Waals surface area contributed by atoms with Gasteiger partial charge in [0.25, 0.3) is 0 Å². The van der Waals surface area contributed by atoms with E-state index in [2.05, 4.69) is 4.74 Å². The Morgan fingerprint density at radius 3 is 2.17 bits per heavy atom. The Kier molecular flexibility index (Phi) is 16.1. The average Bonchev–Trinajstić information content (AvgIpc) is 1.41. The van der Waals surface area contributed by atoms with Gasteiger partial charge in [0.1, 0.15) is 0 Å². The van der Waals surface area contributed by atoms with E-state index < -0.39 is 0 Å². The second-order valence-corrected chi connectivity index (χ2v) is 0.716. The molecule has 0 aliphatic heterocycles. The Bertz CT molecular complexity index is 16.3. The number of ether oxygens (including phenoxy) is 1. The van der Waals surface area contributed by atoms with E-state index in [1.54, 1.807) is 7.11 Å². The molecule has 0 atom stereocenters. The SMILES string of the molecule is COCCO.[Lu]. The number of methoxy groups -OCH3 is 1. The normalized spacial score (nSPS) is 7.00. The molecule has 1 N–H and O–H groups in total. The summed E-state index contributed by atoms with van der Waals surface area (Å²) in [4.78, 5) is 0. The topological polar surface area (TPSA) is 29.5 Å². The Morgan fingerprint density at radius 2 is 2.17 bits per heavy atom. The molecule has 0 fully saturated rings. The molecule has 6 heavy (non-hydrogen) atoms. The van der Waals surface area contributed by atoms with Crippen LogP contribution in [0.4, 0.5) is 0 Å². The van der Waals surface area contributed by atoms with Gasteiger partial charge in [0.2, 0.25) is 0 Å². The van der Waals surface area contributed by atoms with Crippen molar-refractivity contribution in [2.75, 3.05) is 20.3 Å². The molecule has 0 unspecified atom stereocenters. The maximum absolute atomic E-state index is 7.94. The van der Waals surface area contributed by atoms with Crippen LogP contribution in [0.25, 0.3) is 0 Å². The minimum atomic E-state index is 0. The van der Waals surface area contributed by atoms with Gasteiger partial charge in [0, 0.05) is 44.0 Å². The third-order valence-corrected chi connectivity index (χ3v) is 0.295. The Balaban J connectivity index is 0. The van der Waals surface area contributed by atoms with Crippen molar-refractivity contribution in [3.8, 4) is 0 Å². The van der Waals surface area contributed by atoms with Crippen molar-refractivity contribution in [3.63, 3.8) is 0 Å². The van der Waals surface area contributed by atoms with Gasteiger partial charge in [0.05, 0.1) is 13.2 Å². The zero-order valence-electron chi connectivity index (χ0n) is 3.53. The van der Waals surface area contributed by atoms with E-state index >= 15 is 0 Å². The summed E-state index contributed by atoms with van der Waals surface area (Å²) in [7, 11) is 1.55. The van der Waals surface area contributed by atoms with Crippen molar-refractivity contribution < 1.29 is 46.7 Å². The standard InChI is InChI=1S/C3H8O2.Lu/c1-5-3-2-4;/h4H,2-3H2,1H3;. The van der Waals surface area contributed by atoms with Crippen LogP contribution >= 0.6 is 0 Å². The zero-order valence-corrected chi connectivity index (χ0v) is 5.18. The van der Waals surface area contributed by atoms with Crippen molar-refractivity contribution in [2.24, 2.45) is 0 Å². The van der Waals surface area contributed by atoms with Gasteiger partial charge < -0.3 is 9.84 Å². The first kappa shape index (κ1) is 10.2. The number of hydrogen-bond acceptors (Lipinski definition) is 2. The van der Waals surface area contributed by atoms with E-state index in [0.717, 1.165) is 0 Å². The molecule has 0 spiro atoms. The van der Waals surface area contributed by atoms with Gasteiger partial charge in [0.15, 0.2) is 0 Å². The van der Waals surface area contributed by atoms with Gasteiger partial charge in [-0.3, -0.25) is 0 Å². The van der Waals surface area contributed by atoms with Crippen molar-refractivity contribution in [1.29, 1.82) is 0 Å². The molecule has 0 rings (SSSR count). The largest absolute Gasteiger partial charge is 0.394 e. The summed E-state index contributed by atoms with van der Waals surface area (Å²) in [6.45, 7) is 0.566. The summed E-state index contributed by atoms with van der Waals surface area (Å²) in [6.07, 6.45) is 0. The maximum atomic E-state index is 7.94. The molecule has 47 valence electrons. The number of aliphatic hydroxyl groups is 1. The third-order valence-electron chi connectivity index (χ3n) is 0.295. The van der Waals surface area contributed by atoms with Gasteiger partial charge in [-0.25, -0.2) is 0 Å². The molecule has 0 amide bonds. The van der Waals surface area contributed by atoms with Crippen molar-refractivity contribution in [2.45, 2.75) is 0 Å². The average molecular weight is 251 g/mol. The molecule has 0 aromatic heterocycles. The monoisotopic (exact) mass is 251 g/mol. The summed E-state index contributed by atoms with van der Waals surface area (Å²) >= 11 is 0. The molecule has 0 saturated heterocycles. The van der Waals surface area contributed by atoms with Crippen LogP contribution in [0.2, 0.25) is 0 Å². The van der Waals surface area contributed by atoms with Gasteiger partial charge >= 0.3 is 0 Å². The second kappa shape index (κ2) is 9.47. The summed E-state index contributed by atoms with van der Waals surface area (Å²) in [5.74, 6) is 0. The first-order chi connectivity index (χ1) is 2.41. The zero-order chi connectivity index (χ0) is 4.12. The predicted octanol–water partition coefficient (Wildman–Crippen LogP) is -0.375. The fraction of sp³-hybridized carbons (Fsp3) is 1.00. The van der Waals surface area contributed by atoms with Crippen LogP contribution in [0.1, 0.15) is 0 Å². The molecular formula is C3H8LuO2. The first-order valence-electron chi connectivity index (χ1n) is 1.51. The van der Waals surface area contributed by atoms with E-state index in [-0.39, 0.29) is 43.5 Å². The maximum Gasteiger partial charge on any atom is 0.0693 e. The van der Waals surface area contributed by atoms with E-state index in [9.17, 15) is 0 Å². The molecule has 0 aliphatic rings. The fourth-order valence-corrected chi connectivity index (χ4v) is 0.0913. The van der Waals surface area contributed by atoms with Gasteiger partial charge in [-0.05, 0) is 0 Å². The summed E-state index contributed by atoms with van der Waals surface area (Å²) in [5, 5.41) is 7.94. The second-order valence-electron chi connectivity index (χ2n) is 0.716. The molecule has 0 saturated carbocycles. The molecule has 3 heteroatoms. The minimum absolute atomic E-state index is 0. The first-order valence-corrected chi connectivity index (χ1v) is 1.51. The molecular weight excluding hydrogens is 243 g/mol. The van der Waals surface area contributed by atoms with Crippen LogP contribution < -0.4 is 0 Å². The molecule has 0 aliphatic carbocycles. The van der Waals surface area contributed by atoms with E-state index in [1.807, 2.05) is 0 Å². The Morgan fingerprint density at radius 1 is 1.67 bits per heavy atom. The predicted molar refractivity (Wildman–Crippen MR) is 19.0 cm³/mol. The van der Waals surface area contributed by atoms with Crippen LogP contribution in [0.3, 0.4) is 0 Å². The molecule has 0 aromatic carbocycles. The molecule has 1 radical (unpaired) electrons.